The maximum absolute atomic E-state index is 13.2. The molecule has 1 rings (SSSR count). The van der Waals surface area contributed by atoms with E-state index in [0.29, 0.717) is 16.3 Å². The lowest BCUT2D eigenvalue weighted by Gasteiger charge is -2.13. The van der Waals surface area contributed by atoms with Crippen LogP contribution >= 0.6 is 11.6 Å². The van der Waals surface area contributed by atoms with Crippen LogP contribution in [-0.4, -0.2) is 12.6 Å². The van der Waals surface area contributed by atoms with Crippen LogP contribution in [0.1, 0.15) is 25.6 Å². The Morgan fingerprint density at radius 2 is 2.13 bits per heavy atom. The van der Waals surface area contributed by atoms with Crippen molar-refractivity contribution in [1.82, 2.24) is 0 Å². The summed E-state index contributed by atoms with van der Waals surface area (Å²) in [6.07, 6.45) is -1.13. The van der Waals surface area contributed by atoms with Crippen LogP contribution in [0.15, 0.2) is 18.2 Å². The second-order valence-electron chi connectivity index (χ2n) is 3.56. The smallest absolute Gasteiger partial charge is 0.138 e. The van der Waals surface area contributed by atoms with Crippen molar-refractivity contribution in [3.8, 4) is 5.75 Å². The third-order valence-electron chi connectivity index (χ3n) is 1.89. The Morgan fingerprint density at radius 1 is 1.47 bits per heavy atom. The highest BCUT2D eigenvalue weighted by Crippen LogP contribution is 2.29. The first-order chi connectivity index (χ1) is 7.04. The van der Waals surface area contributed by atoms with Gasteiger partial charge >= 0.3 is 0 Å². The molecule has 1 unspecified atom stereocenters. The zero-order valence-corrected chi connectivity index (χ0v) is 9.59. The Kier molecular flexibility index (Phi) is 4.36. The van der Waals surface area contributed by atoms with Crippen molar-refractivity contribution in [1.29, 1.82) is 0 Å². The molecule has 0 heterocycles. The van der Waals surface area contributed by atoms with Gasteiger partial charge in [-0.15, -0.1) is 0 Å². The molecule has 0 aliphatic heterocycles. The molecule has 0 bridgehead atoms. The minimum Gasteiger partial charge on any atom is -0.489 e. The monoisotopic (exact) mass is 231 g/mol. The fourth-order valence-electron chi connectivity index (χ4n) is 1.20. The molecule has 0 aliphatic rings. The molecule has 0 saturated heterocycles. The van der Waals surface area contributed by atoms with Crippen molar-refractivity contribution in [2.24, 2.45) is 5.73 Å². The molecule has 2 nitrogen and oxygen atoms in total. The van der Waals surface area contributed by atoms with E-state index in [1.807, 2.05) is 13.8 Å². The van der Waals surface area contributed by atoms with E-state index in [2.05, 4.69) is 0 Å². The minimum atomic E-state index is -1.17. The Morgan fingerprint density at radius 3 is 2.60 bits per heavy atom. The van der Waals surface area contributed by atoms with Gasteiger partial charge in [0.2, 0.25) is 0 Å². The predicted octanol–water partition coefficient (Wildman–Crippen LogP) is 3.10. The molecule has 84 valence electrons. The number of ether oxygens (including phenoxy) is 1. The summed E-state index contributed by atoms with van der Waals surface area (Å²) in [7, 11) is 0. The van der Waals surface area contributed by atoms with Crippen LogP contribution in [0.3, 0.4) is 0 Å². The molecular formula is C11H15ClFNO. The van der Waals surface area contributed by atoms with Gasteiger partial charge in [0.05, 0.1) is 11.1 Å². The van der Waals surface area contributed by atoms with E-state index >= 15 is 0 Å². The molecule has 1 atom stereocenters. The van der Waals surface area contributed by atoms with Crippen LogP contribution in [0.5, 0.6) is 5.75 Å². The summed E-state index contributed by atoms with van der Waals surface area (Å²) in [5.74, 6) is 0.569. The lowest BCUT2D eigenvalue weighted by Crippen LogP contribution is -2.09. The first-order valence-electron chi connectivity index (χ1n) is 4.84. The van der Waals surface area contributed by atoms with Gasteiger partial charge in [-0.3, -0.25) is 0 Å². The summed E-state index contributed by atoms with van der Waals surface area (Å²) in [5.41, 5.74) is 5.71. The van der Waals surface area contributed by atoms with Gasteiger partial charge in [-0.2, -0.15) is 0 Å². The Balaban J connectivity index is 2.88. The maximum atomic E-state index is 13.2. The summed E-state index contributed by atoms with van der Waals surface area (Å²) in [6.45, 7) is 3.77. The van der Waals surface area contributed by atoms with Crippen molar-refractivity contribution in [3.05, 3.63) is 28.8 Å². The van der Waals surface area contributed by atoms with Crippen molar-refractivity contribution in [3.63, 3.8) is 0 Å². The molecule has 15 heavy (non-hydrogen) atoms. The Labute approximate surface area is 94.2 Å². The van der Waals surface area contributed by atoms with Crippen LogP contribution in [0.2, 0.25) is 5.02 Å². The summed E-state index contributed by atoms with van der Waals surface area (Å²) in [6, 6.07) is 4.86. The molecule has 0 spiro atoms. The van der Waals surface area contributed by atoms with E-state index in [1.54, 1.807) is 18.2 Å². The lowest BCUT2D eigenvalue weighted by atomic mass is 10.1. The number of hydrogen-bond donors (Lipinski definition) is 1. The van der Waals surface area contributed by atoms with Gasteiger partial charge < -0.3 is 10.5 Å². The molecule has 0 saturated carbocycles. The molecule has 0 radical (unpaired) electrons. The molecule has 2 N–H and O–H groups in total. The molecule has 0 amide bonds. The number of rotatable bonds is 4. The highest BCUT2D eigenvalue weighted by molar-refractivity contribution is 6.32. The first kappa shape index (κ1) is 12.3. The molecule has 4 heteroatoms. The average molecular weight is 232 g/mol. The van der Waals surface area contributed by atoms with Crippen LogP contribution in [0.25, 0.3) is 0 Å². The van der Waals surface area contributed by atoms with Crippen LogP contribution in [-0.2, 0) is 0 Å². The fourth-order valence-corrected chi connectivity index (χ4v) is 1.43. The summed E-state index contributed by atoms with van der Waals surface area (Å²) < 4.78 is 18.6. The highest BCUT2D eigenvalue weighted by Gasteiger charge is 2.11. The number of nitrogens with two attached hydrogens (primary N) is 1. The summed E-state index contributed by atoms with van der Waals surface area (Å²) in [4.78, 5) is 0. The maximum Gasteiger partial charge on any atom is 0.138 e. The number of halogens is 2. The fraction of sp³-hybridized carbons (Fsp3) is 0.455. The third-order valence-corrected chi connectivity index (χ3v) is 2.18. The highest BCUT2D eigenvalue weighted by atomic mass is 35.5. The average Bonchev–Trinajstić information content (AvgIpc) is 2.19. The summed E-state index contributed by atoms with van der Waals surface area (Å²) in [5, 5.41) is 0.414. The van der Waals surface area contributed by atoms with Crippen LogP contribution in [0.4, 0.5) is 4.39 Å². The number of hydrogen-bond acceptors (Lipinski definition) is 2. The van der Waals surface area contributed by atoms with Crippen molar-refractivity contribution >= 4 is 11.6 Å². The van der Waals surface area contributed by atoms with Crippen molar-refractivity contribution in [2.45, 2.75) is 26.1 Å². The zero-order valence-electron chi connectivity index (χ0n) is 8.84. The molecule has 0 aromatic heterocycles. The molecule has 0 fully saturated rings. The van der Waals surface area contributed by atoms with Crippen molar-refractivity contribution < 1.29 is 9.13 Å². The predicted molar refractivity (Wildman–Crippen MR) is 60.1 cm³/mol. The lowest BCUT2D eigenvalue weighted by molar-refractivity contribution is 0.242. The van der Waals surface area contributed by atoms with Gasteiger partial charge in [-0.25, -0.2) is 4.39 Å². The van der Waals surface area contributed by atoms with Gasteiger partial charge in [0, 0.05) is 6.54 Å². The summed E-state index contributed by atoms with van der Waals surface area (Å²) >= 11 is 5.94. The molecule has 1 aromatic carbocycles. The van der Waals surface area contributed by atoms with Gasteiger partial charge in [0.25, 0.3) is 0 Å². The topological polar surface area (TPSA) is 35.2 Å². The minimum absolute atomic E-state index is 0.0410. The number of benzene rings is 1. The standard InChI is InChI=1S/C11H15ClFNO/c1-7(2)15-11-4-3-8(5-9(11)12)10(13)6-14/h3-5,7,10H,6,14H2,1-2H3. The molecule has 1 aromatic rings. The SMILES string of the molecule is CC(C)Oc1ccc(C(F)CN)cc1Cl. The largest absolute Gasteiger partial charge is 0.489 e. The van der Waals surface area contributed by atoms with E-state index in [-0.39, 0.29) is 12.6 Å². The van der Waals surface area contributed by atoms with E-state index in [9.17, 15) is 4.39 Å². The van der Waals surface area contributed by atoms with Crippen LogP contribution in [0, 0.1) is 0 Å². The van der Waals surface area contributed by atoms with Gasteiger partial charge in [0.15, 0.2) is 0 Å². The van der Waals surface area contributed by atoms with E-state index < -0.39 is 6.17 Å². The second kappa shape index (κ2) is 5.33. The molecular weight excluding hydrogens is 217 g/mol. The van der Waals surface area contributed by atoms with E-state index in [0.717, 1.165) is 0 Å². The van der Waals surface area contributed by atoms with Gasteiger partial charge in [-0.1, -0.05) is 17.7 Å². The van der Waals surface area contributed by atoms with Crippen molar-refractivity contribution in [2.75, 3.05) is 6.54 Å². The van der Waals surface area contributed by atoms with Gasteiger partial charge in [0.1, 0.15) is 11.9 Å². The Bertz CT molecular complexity index is 330. The Hall–Kier alpha value is -0.800. The van der Waals surface area contributed by atoms with E-state index in [4.69, 9.17) is 22.1 Å². The second-order valence-corrected chi connectivity index (χ2v) is 3.97. The van der Waals surface area contributed by atoms with E-state index in [1.165, 1.54) is 0 Å². The van der Waals surface area contributed by atoms with Gasteiger partial charge in [-0.05, 0) is 31.5 Å². The number of alkyl halides is 1. The first-order valence-corrected chi connectivity index (χ1v) is 5.22. The normalized spacial score (nSPS) is 12.9. The zero-order chi connectivity index (χ0) is 11.4. The third kappa shape index (κ3) is 3.36. The molecule has 0 aliphatic carbocycles. The van der Waals surface area contributed by atoms with Crippen LogP contribution < -0.4 is 10.5 Å². The quantitative estimate of drug-likeness (QED) is 0.864.